The van der Waals surface area contributed by atoms with Crippen LogP contribution >= 0.6 is 0 Å². The summed E-state index contributed by atoms with van der Waals surface area (Å²) in [6, 6.07) is 0.580. The third kappa shape index (κ3) is 3.50. The molecule has 1 atom stereocenters. The van der Waals surface area contributed by atoms with E-state index in [1.807, 2.05) is 17.9 Å². The first kappa shape index (κ1) is 11.2. The van der Waals surface area contributed by atoms with Gasteiger partial charge in [-0.15, -0.1) is 0 Å². The van der Waals surface area contributed by atoms with Crippen molar-refractivity contribution in [1.82, 2.24) is 15.1 Å². The smallest absolute Gasteiger partial charge is 0.0524 e. The molecule has 1 aromatic rings. The lowest BCUT2D eigenvalue weighted by atomic mass is 10.0. The summed E-state index contributed by atoms with van der Waals surface area (Å²) in [5.74, 6) is 0.593. The Morgan fingerprint density at radius 1 is 1.43 bits per heavy atom. The average molecular weight is 195 g/mol. The molecule has 0 amide bonds. The van der Waals surface area contributed by atoms with Gasteiger partial charge >= 0.3 is 0 Å². The van der Waals surface area contributed by atoms with Gasteiger partial charge in [0.1, 0.15) is 0 Å². The van der Waals surface area contributed by atoms with Gasteiger partial charge in [-0.2, -0.15) is 5.10 Å². The van der Waals surface area contributed by atoms with Gasteiger partial charge in [-0.05, 0) is 24.4 Å². The predicted molar refractivity (Wildman–Crippen MR) is 59.4 cm³/mol. The average Bonchev–Trinajstić information content (AvgIpc) is 2.51. The van der Waals surface area contributed by atoms with E-state index in [9.17, 15) is 0 Å². The molecular formula is C11H21N3. The summed E-state index contributed by atoms with van der Waals surface area (Å²) in [6.45, 7) is 7.68. The molecular weight excluding hydrogens is 174 g/mol. The molecule has 0 aromatic carbocycles. The van der Waals surface area contributed by atoms with Crippen molar-refractivity contribution < 1.29 is 0 Å². The Hall–Kier alpha value is -0.830. The monoisotopic (exact) mass is 195 g/mol. The lowest BCUT2D eigenvalue weighted by Crippen LogP contribution is -2.24. The summed E-state index contributed by atoms with van der Waals surface area (Å²) in [4.78, 5) is 0. The highest BCUT2D eigenvalue weighted by Crippen LogP contribution is 2.16. The minimum absolute atomic E-state index is 0.580. The van der Waals surface area contributed by atoms with Gasteiger partial charge in [0.2, 0.25) is 0 Å². The number of nitrogens with zero attached hydrogens (tertiary/aromatic N) is 2. The van der Waals surface area contributed by atoms with Crippen LogP contribution in [0.25, 0.3) is 0 Å². The normalized spacial score (nSPS) is 13.5. The van der Waals surface area contributed by atoms with Gasteiger partial charge in [-0.3, -0.25) is 4.68 Å². The number of aromatic nitrogens is 2. The number of hydrogen-bond acceptors (Lipinski definition) is 2. The quantitative estimate of drug-likeness (QED) is 0.778. The maximum Gasteiger partial charge on any atom is 0.0524 e. The maximum absolute atomic E-state index is 4.18. The van der Waals surface area contributed by atoms with Crippen LogP contribution in [-0.2, 0) is 7.05 Å². The highest BCUT2D eigenvalue weighted by atomic mass is 15.2. The lowest BCUT2D eigenvalue weighted by Gasteiger charge is -2.11. The summed E-state index contributed by atoms with van der Waals surface area (Å²) in [5, 5.41) is 7.60. The molecule has 0 spiro atoms. The van der Waals surface area contributed by atoms with Crippen LogP contribution in [0.2, 0.25) is 0 Å². The highest BCUT2D eigenvalue weighted by Gasteiger charge is 2.06. The fourth-order valence-corrected chi connectivity index (χ4v) is 1.45. The van der Waals surface area contributed by atoms with Crippen LogP contribution in [0.1, 0.15) is 38.7 Å². The van der Waals surface area contributed by atoms with Crippen molar-refractivity contribution in [2.75, 3.05) is 6.54 Å². The standard InChI is InChI=1S/C11H21N3/c1-9(2)12-6-5-10(3)11-7-13-14(4)8-11/h7-10,12H,5-6H2,1-4H3. The number of rotatable bonds is 5. The van der Waals surface area contributed by atoms with E-state index in [2.05, 4.69) is 37.4 Å². The van der Waals surface area contributed by atoms with E-state index in [1.165, 1.54) is 12.0 Å². The van der Waals surface area contributed by atoms with Crippen molar-refractivity contribution in [1.29, 1.82) is 0 Å². The van der Waals surface area contributed by atoms with Gasteiger partial charge in [0.05, 0.1) is 6.20 Å². The topological polar surface area (TPSA) is 29.9 Å². The molecule has 3 nitrogen and oxygen atoms in total. The van der Waals surface area contributed by atoms with Gasteiger partial charge < -0.3 is 5.32 Å². The van der Waals surface area contributed by atoms with Crippen LogP contribution in [0.3, 0.4) is 0 Å². The van der Waals surface area contributed by atoms with Gasteiger partial charge in [0.25, 0.3) is 0 Å². The molecule has 1 aromatic heterocycles. The van der Waals surface area contributed by atoms with Crippen LogP contribution < -0.4 is 5.32 Å². The van der Waals surface area contributed by atoms with Crippen molar-refractivity contribution >= 4 is 0 Å². The molecule has 1 unspecified atom stereocenters. The second-order valence-corrected chi connectivity index (χ2v) is 4.25. The van der Waals surface area contributed by atoms with E-state index in [1.54, 1.807) is 0 Å². The maximum atomic E-state index is 4.18. The second-order valence-electron chi connectivity index (χ2n) is 4.25. The first-order chi connectivity index (χ1) is 6.59. The molecule has 0 saturated carbocycles. The summed E-state index contributed by atoms with van der Waals surface area (Å²) < 4.78 is 1.86. The first-order valence-electron chi connectivity index (χ1n) is 5.31. The molecule has 0 aliphatic carbocycles. The van der Waals surface area contributed by atoms with Gasteiger partial charge in [0, 0.05) is 19.3 Å². The fraction of sp³-hybridized carbons (Fsp3) is 0.727. The Labute approximate surface area is 86.5 Å². The Balaban J connectivity index is 2.32. The number of nitrogens with one attached hydrogen (secondary N) is 1. The third-order valence-electron chi connectivity index (χ3n) is 2.42. The van der Waals surface area contributed by atoms with Crippen molar-refractivity contribution in [3.05, 3.63) is 18.0 Å². The summed E-state index contributed by atoms with van der Waals surface area (Å²) >= 11 is 0. The molecule has 0 saturated heterocycles. The van der Waals surface area contributed by atoms with Crippen LogP contribution in [0, 0.1) is 0 Å². The molecule has 0 aliphatic rings. The summed E-state index contributed by atoms with van der Waals surface area (Å²) in [7, 11) is 1.96. The minimum Gasteiger partial charge on any atom is -0.315 e. The van der Waals surface area contributed by atoms with Crippen LogP contribution in [-0.4, -0.2) is 22.4 Å². The Morgan fingerprint density at radius 3 is 2.64 bits per heavy atom. The van der Waals surface area contributed by atoms with E-state index < -0.39 is 0 Å². The summed E-state index contributed by atoms with van der Waals surface area (Å²) in [5.41, 5.74) is 1.33. The van der Waals surface area contributed by atoms with Crippen LogP contribution in [0.5, 0.6) is 0 Å². The minimum atomic E-state index is 0.580. The molecule has 0 aliphatic heterocycles. The van der Waals surface area contributed by atoms with Crippen LogP contribution in [0.4, 0.5) is 0 Å². The highest BCUT2D eigenvalue weighted by molar-refractivity contribution is 5.09. The van der Waals surface area contributed by atoms with Gasteiger partial charge in [-0.25, -0.2) is 0 Å². The Kier molecular flexibility index (Phi) is 4.14. The molecule has 14 heavy (non-hydrogen) atoms. The SMILES string of the molecule is CC(C)NCCC(C)c1cnn(C)c1. The van der Waals surface area contributed by atoms with Crippen molar-refractivity contribution in [2.45, 2.75) is 39.2 Å². The second kappa shape index (κ2) is 5.15. The van der Waals surface area contributed by atoms with Crippen molar-refractivity contribution in [2.24, 2.45) is 7.05 Å². The zero-order chi connectivity index (χ0) is 10.6. The van der Waals surface area contributed by atoms with E-state index in [-0.39, 0.29) is 0 Å². The molecule has 0 bridgehead atoms. The molecule has 0 radical (unpaired) electrons. The Morgan fingerprint density at radius 2 is 2.14 bits per heavy atom. The molecule has 80 valence electrons. The van der Waals surface area contributed by atoms with Gasteiger partial charge in [0.15, 0.2) is 0 Å². The van der Waals surface area contributed by atoms with E-state index in [0.717, 1.165) is 6.54 Å². The van der Waals surface area contributed by atoms with Gasteiger partial charge in [-0.1, -0.05) is 20.8 Å². The zero-order valence-corrected chi connectivity index (χ0v) is 9.62. The molecule has 1 heterocycles. The van der Waals surface area contributed by atoms with E-state index in [4.69, 9.17) is 0 Å². The Bertz CT molecular complexity index is 265. The summed E-state index contributed by atoms with van der Waals surface area (Å²) in [6.07, 6.45) is 5.23. The molecule has 0 fully saturated rings. The third-order valence-corrected chi connectivity index (χ3v) is 2.42. The first-order valence-corrected chi connectivity index (χ1v) is 5.31. The number of hydrogen-bond donors (Lipinski definition) is 1. The zero-order valence-electron chi connectivity index (χ0n) is 9.62. The molecule has 1 rings (SSSR count). The molecule has 1 N–H and O–H groups in total. The largest absolute Gasteiger partial charge is 0.315 e. The van der Waals surface area contributed by atoms with E-state index >= 15 is 0 Å². The fourth-order valence-electron chi connectivity index (χ4n) is 1.45. The van der Waals surface area contributed by atoms with E-state index in [0.29, 0.717) is 12.0 Å². The number of aryl methyl sites for hydroxylation is 1. The lowest BCUT2D eigenvalue weighted by molar-refractivity contribution is 0.541. The predicted octanol–water partition coefficient (Wildman–Crippen LogP) is 1.91. The van der Waals surface area contributed by atoms with Crippen molar-refractivity contribution in [3.63, 3.8) is 0 Å². The molecule has 3 heteroatoms. The van der Waals surface area contributed by atoms with Crippen molar-refractivity contribution in [3.8, 4) is 0 Å². The van der Waals surface area contributed by atoms with Crippen LogP contribution in [0.15, 0.2) is 12.4 Å².